The Hall–Kier alpha value is -1.23. The summed E-state index contributed by atoms with van der Waals surface area (Å²) >= 11 is 0. The van der Waals surface area contributed by atoms with Crippen LogP contribution in [0.15, 0.2) is 12.4 Å². The molecule has 2 atom stereocenters. The van der Waals surface area contributed by atoms with Crippen molar-refractivity contribution >= 4 is 5.95 Å². The second-order valence-corrected chi connectivity index (χ2v) is 3.75. The van der Waals surface area contributed by atoms with Crippen molar-refractivity contribution in [2.24, 2.45) is 11.7 Å². The summed E-state index contributed by atoms with van der Waals surface area (Å²) in [7, 11) is 0. The van der Waals surface area contributed by atoms with Crippen molar-refractivity contribution in [3.8, 4) is 0 Å². The van der Waals surface area contributed by atoms with Crippen LogP contribution in [0.5, 0.6) is 0 Å². The third kappa shape index (κ3) is 1.68. The van der Waals surface area contributed by atoms with E-state index >= 15 is 0 Å². The van der Waals surface area contributed by atoms with Gasteiger partial charge in [0.1, 0.15) is 0 Å². The molecule has 2 heterocycles. The molecule has 5 heteroatoms. The van der Waals surface area contributed by atoms with E-state index in [1.54, 1.807) is 0 Å². The fourth-order valence-corrected chi connectivity index (χ4v) is 1.62. The summed E-state index contributed by atoms with van der Waals surface area (Å²) in [5, 5.41) is 0. The van der Waals surface area contributed by atoms with Gasteiger partial charge >= 0.3 is 0 Å². The van der Waals surface area contributed by atoms with Crippen LogP contribution in [0.2, 0.25) is 0 Å². The number of anilines is 1. The normalized spacial score (nSPS) is 26.9. The molecule has 0 radical (unpaired) electrons. The molecule has 4 nitrogen and oxygen atoms in total. The second-order valence-electron chi connectivity index (χ2n) is 3.75. The van der Waals surface area contributed by atoms with Gasteiger partial charge in [0.05, 0.1) is 12.4 Å². The monoisotopic (exact) mass is 196 g/mol. The molecule has 2 rings (SSSR count). The summed E-state index contributed by atoms with van der Waals surface area (Å²) in [5.41, 5.74) is 5.86. The molecule has 1 aliphatic rings. The Bertz CT molecular complexity index is 303. The third-order valence-corrected chi connectivity index (χ3v) is 2.56. The minimum atomic E-state index is -0.412. The van der Waals surface area contributed by atoms with Crippen LogP contribution in [0.3, 0.4) is 0 Å². The Kier molecular flexibility index (Phi) is 2.33. The number of hydrogen-bond acceptors (Lipinski definition) is 4. The molecule has 1 saturated heterocycles. The lowest BCUT2D eigenvalue weighted by atomic mass is 10.1. The van der Waals surface area contributed by atoms with E-state index in [4.69, 9.17) is 5.73 Å². The van der Waals surface area contributed by atoms with Gasteiger partial charge in [0.15, 0.2) is 5.82 Å². The lowest BCUT2D eigenvalue weighted by Crippen LogP contribution is -2.29. The highest BCUT2D eigenvalue weighted by atomic mass is 19.1. The van der Waals surface area contributed by atoms with Gasteiger partial charge in [-0.05, 0) is 5.92 Å². The standard InChI is InChI=1S/C9H13FN4/c1-6-4-14(5-8(6)11)9-12-2-7(10)3-13-9/h2-3,6,8H,4-5,11H2,1H3. The molecule has 0 saturated carbocycles. The molecule has 2 N–H and O–H groups in total. The lowest BCUT2D eigenvalue weighted by molar-refractivity contribution is 0.565. The maximum Gasteiger partial charge on any atom is 0.225 e. The zero-order chi connectivity index (χ0) is 10.1. The zero-order valence-electron chi connectivity index (χ0n) is 8.02. The number of nitrogens with two attached hydrogens (primary N) is 1. The van der Waals surface area contributed by atoms with Crippen LogP contribution in [0.4, 0.5) is 10.3 Å². The number of halogens is 1. The van der Waals surface area contributed by atoms with Gasteiger partial charge in [0.25, 0.3) is 0 Å². The van der Waals surface area contributed by atoms with Gasteiger partial charge in [0.2, 0.25) is 5.95 Å². The molecule has 0 aromatic carbocycles. The van der Waals surface area contributed by atoms with Gasteiger partial charge in [0, 0.05) is 19.1 Å². The molecule has 1 aliphatic heterocycles. The highest BCUT2D eigenvalue weighted by Gasteiger charge is 2.27. The van der Waals surface area contributed by atoms with Gasteiger partial charge in [-0.25, -0.2) is 14.4 Å². The first-order valence-corrected chi connectivity index (χ1v) is 4.65. The van der Waals surface area contributed by atoms with Gasteiger partial charge in [-0.15, -0.1) is 0 Å². The van der Waals surface area contributed by atoms with Gasteiger partial charge in [-0.3, -0.25) is 0 Å². The highest BCUT2D eigenvalue weighted by molar-refractivity contribution is 5.31. The van der Waals surface area contributed by atoms with E-state index in [0.29, 0.717) is 11.9 Å². The van der Waals surface area contributed by atoms with Crippen LogP contribution in [-0.4, -0.2) is 29.1 Å². The summed E-state index contributed by atoms with van der Waals surface area (Å²) in [4.78, 5) is 9.81. The number of hydrogen-bond donors (Lipinski definition) is 1. The van der Waals surface area contributed by atoms with Crippen molar-refractivity contribution in [1.29, 1.82) is 0 Å². The Morgan fingerprint density at radius 2 is 2.07 bits per heavy atom. The molecule has 1 aromatic heterocycles. The fourth-order valence-electron chi connectivity index (χ4n) is 1.62. The first kappa shape index (κ1) is 9.33. The molecule has 76 valence electrons. The minimum absolute atomic E-state index is 0.156. The highest BCUT2D eigenvalue weighted by Crippen LogP contribution is 2.18. The molecular weight excluding hydrogens is 183 g/mol. The van der Waals surface area contributed by atoms with E-state index in [0.717, 1.165) is 13.1 Å². The number of nitrogens with zero attached hydrogens (tertiary/aromatic N) is 3. The summed E-state index contributed by atoms with van der Waals surface area (Å²) in [5.74, 6) is 0.583. The first-order chi connectivity index (χ1) is 6.66. The molecule has 0 aliphatic carbocycles. The molecule has 2 unspecified atom stereocenters. The Labute approximate surface area is 82.0 Å². The SMILES string of the molecule is CC1CN(c2ncc(F)cn2)CC1N. The lowest BCUT2D eigenvalue weighted by Gasteiger charge is -2.14. The van der Waals surface area contributed by atoms with Crippen LogP contribution in [-0.2, 0) is 0 Å². The summed E-state index contributed by atoms with van der Waals surface area (Å²) in [6.07, 6.45) is 2.35. The van der Waals surface area contributed by atoms with E-state index in [1.807, 2.05) is 4.90 Å². The molecule has 14 heavy (non-hydrogen) atoms. The van der Waals surface area contributed by atoms with E-state index in [9.17, 15) is 4.39 Å². The van der Waals surface area contributed by atoms with Gasteiger partial charge in [-0.1, -0.05) is 6.92 Å². The Balaban J connectivity index is 2.13. The van der Waals surface area contributed by atoms with Crippen LogP contribution in [0.1, 0.15) is 6.92 Å². The number of aromatic nitrogens is 2. The molecule has 1 fully saturated rings. The first-order valence-electron chi connectivity index (χ1n) is 4.65. The fraction of sp³-hybridized carbons (Fsp3) is 0.556. The van der Waals surface area contributed by atoms with E-state index in [-0.39, 0.29) is 6.04 Å². The van der Waals surface area contributed by atoms with Gasteiger partial charge in [-0.2, -0.15) is 0 Å². The smallest absolute Gasteiger partial charge is 0.225 e. The quantitative estimate of drug-likeness (QED) is 0.706. The van der Waals surface area contributed by atoms with Crippen molar-refractivity contribution in [3.63, 3.8) is 0 Å². The van der Waals surface area contributed by atoms with Crippen molar-refractivity contribution in [3.05, 3.63) is 18.2 Å². The third-order valence-electron chi connectivity index (χ3n) is 2.56. The number of rotatable bonds is 1. The van der Waals surface area contributed by atoms with Crippen LogP contribution >= 0.6 is 0 Å². The minimum Gasteiger partial charge on any atom is -0.339 e. The van der Waals surface area contributed by atoms with E-state index in [1.165, 1.54) is 12.4 Å². The maximum atomic E-state index is 12.6. The molecular formula is C9H13FN4. The Morgan fingerprint density at radius 1 is 1.43 bits per heavy atom. The molecule has 0 spiro atoms. The summed E-state index contributed by atoms with van der Waals surface area (Å²) in [6.45, 7) is 3.67. The van der Waals surface area contributed by atoms with Crippen molar-refractivity contribution < 1.29 is 4.39 Å². The topological polar surface area (TPSA) is 55.0 Å². The van der Waals surface area contributed by atoms with E-state index in [2.05, 4.69) is 16.9 Å². The largest absolute Gasteiger partial charge is 0.339 e. The zero-order valence-corrected chi connectivity index (χ0v) is 8.02. The van der Waals surface area contributed by atoms with Crippen molar-refractivity contribution in [1.82, 2.24) is 9.97 Å². The van der Waals surface area contributed by atoms with Crippen LogP contribution in [0.25, 0.3) is 0 Å². The molecule has 0 amide bonds. The van der Waals surface area contributed by atoms with Crippen molar-refractivity contribution in [2.75, 3.05) is 18.0 Å². The van der Waals surface area contributed by atoms with Crippen molar-refractivity contribution in [2.45, 2.75) is 13.0 Å². The van der Waals surface area contributed by atoms with E-state index < -0.39 is 5.82 Å². The second kappa shape index (κ2) is 3.49. The average Bonchev–Trinajstić information content (AvgIpc) is 2.48. The predicted molar refractivity (Wildman–Crippen MR) is 51.3 cm³/mol. The summed E-state index contributed by atoms with van der Waals surface area (Å²) in [6, 6.07) is 0.156. The van der Waals surface area contributed by atoms with Crippen LogP contribution < -0.4 is 10.6 Å². The molecule has 1 aromatic rings. The average molecular weight is 196 g/mol. The predicted octanol–water partition coefficient (Wildman–Crippen LogP) is 0.399. The summed E-state index contributed by atoms with van der Waals surface area (Å²) < 4.78 is 12.6. The van der Waals surface area contributed by atoms with Gasteiger partial charge < -0.3 is 10.6 Å². The maximum absolute atomic E-state index is 12.6. The molecule has 0 bridgehead atoms. The van der Waals surface area contributed by atoms with Crippen LogP contribution in [0, 0.1) is 11.7 Å². The Morgan fingerprint density at radius 3 is 2.57 bits per heavy atom.